The van der Waals surface area contributed by atoms with Gasteiger partial charge < -0.3 is 5.11 Å². The molecule has 0 aliphatic rings. The minimum atomic E-state index is -4.61. The molecule has 0 unspecified atom stereocenters. The molecule has 0 saturated carbocycles. The van der Waals surface area contributed by atoms with E-state index in [4.69, 9.17) is 5.11 Å². The molecule has 2 N–H and O–H groups in total. The third-order valence-electron chi connectivity index (χ3n) is 4.27. The monoisotopic (exact) mass is 779 g/mol. The molecule has 0 fully saturated rings. The van der Waals surface area contributed by atoms with Gasteiger partial charge in [-0.15, -0.1) is 0 Å². The van der Waals surface area contributed by atoms with Crippen molar-refractivity contribution >= 4 is 45.5 Å². The van der Waals surface area contributed by atoms with Crippen molar-refractivity contribution in [3.63, 3.8) is 0 Å². The Labute approximate surface area is 256 Å². The number of anilines is 1. The van der Waals surface area contributed by atoms with Crippen LogP contribution in [0.3, 0.4) is 0 Å². The summed E-state index contributed by atoms with van der Waals surface area (Å²) in [7, 11) is -4.61. The Hall–Kier alpha value is -4.66. The van der Waals surface area contributed by atoms with Crippen molar-refractivity contribution in [2.75, 3.05) is 4.72 Å². The van der Waals surface area contributed by atoms with Crippen molar-refractivity contribution in [2.45, 2.75) is 31.6 Å². The minimum Gasteiger partial charge on any atom is -0.476 e. The number of nitrogens with one attached hydrogen (secondary N) is 1. The van der Waals surface area contributed by atoms with Crippen molar-refractivity contribution < 1.29 is 48.3 Å². The van der Waals surface area contributed by atoms with Crippen LogP contribution in [0, 0.1) is 20.2 Å². The number of nitrogens with zero attached hydrogens (tertiary/aromatic N) is 5. The number of pyridine rings is 1. The molecular weight excluding hydrogens is 749 g/mol. The van der Waals surface area contributed by atoms with Crippen molar-refractivity contribution in [1.29, 1.82) is 0 Å². The maximum atomic E-state index is 12.4. The molecule has 1 heterocycles. The molecule has 0 saturated heterocycles. The maximum absolute atomic E-state index is 12.4. The summed E-state index contributed by atoms with van der Waals surface area (Å²) in [6, 6.07) is 4.33. The molecule has 1 radical (unpaired) electrons. The van der Waals surface area contributed by atoms with Gasteiger partial charge in [0.15, 0.2) is 10.6 Å². The summed E-state index contributed by atoms with van der Waals surface area (Å²) >= 11 is 0. The number of aromatic nitrogens is 1. The summed E-state index contributed by atoms with van der Waals surface area (Å²) in [5.41, 5.74) is -2.72. The Morgan fingerprint density at radius 1 is 1.02 bits per heavy atom. The number of carboxylic acid groups (broad SMARTS) is 1. The number of non-ortho nitro benzene ring substituents is 1. The van der Waals surface area contributed by atoms with E-state index in [1.54, 1.807) is 0 Å². The standard InChI is InChI=1S/C12H8N4O8S.2C7H11N.Ir/c17-12(18)11-8(2-1-5-13-11)14-25(23,24)10-4-3-7(15(19)20)6-9(10)16(21)22;2*1-3-5-6-7-8-4-2;/h1-6,14H,(H,17,18);2*3-5,7H,2,6H2,1H3;/b;2*5-3-,8-7?;. The summed E-state index contributed by atoms with van der Waals surface area (Å²) in [6.07, 6.45) is 17.7. The van der Waals surface area contributed by atoms with Crippen LogP contribution in [0.5, 0.6) is 0 Å². The minimum absolute atomic E-state index is 0. The van der Waals surface area contributed by atoms with Gasteiger partial charge >= 0.3 is 5.97 Å². The van der Waals surface area contributed by atoms with Gasteiger partial charge in [0.25, 0.3) is 21.4 Å². The summed E-state index contributed by atoms with van der Waals surface area (Å²) in [5.74, 6) is -1.52. The summed E-state index contributed by atoms with van der Waals surface area (Å²) in [4.78, 5) is 41.0. The third-order valence-corrected chi connectivity index (χ3v) is 5.68. The van der Waals surface area contributed by atoms with Crippen LogP contribution < -0.4 is 4.72 Å². The van der Waals surface area contributed by atoms with Gasteiger partial charge in [0.05, 0.1) is 21.6 Å². The van der Waals surface area contributed by atoms with E-state index in [9.17, 15) is 33.4 Å². The molecule has 1 aromatic heterocycles. The zero-order chi connectivity index (χ0) is 31.3. The Bertz CT molecular complexity index is 1410. The van der Waals surface area contributed by atoms with Crippen LogP contribution in [-0.2, 0) is 30.1 Å². The first-order valence-corrected chi connectivity index (χ1v) is 13.1. The number of hydrogen-bond donors (Lipinski definition) is 2. The van der Waals surface area contributed by atoms with Crippen LogP contribution in [0.1, 0.15) is 37.2 Å². The van der Waals surface area contributed by atoms with Crippen LogP contribution in [0.25, 0.3) is 0 Å². The fourth-order valence-electron chi connectivity index (χ4n) is 2.51. The summed E-state index contributed by atoms with van der Waals surface area (Å²) < 4.78 is 26.6. The predicted octanol–water partition coefficient (Wildman–Crippen LogP) is 5.73. The average Bonchev–Trinajstić information content (AvgIpc) is 2.94. The maximum Gasteiger partial charge on any atom is 0.356 e. The van der Waals surface area contributed by atoms with Gasteiger partial charge in [0, 0.05) is 70.0 Å². The molecule has 0 aliphatic heterocycles. The Balaban J connectivity index is 0. The molecule has 1 aromatic carbocycles. The van der Waals surface area contributed by atoms with Gasteiger partial charge in [-0.25, -0.2) is 18.2 Å². The molecule has 16 heteroatoms. The average molecular weight is 779 g/mol. The number of aromatic carboxylic acids is 1. The van der Waals surface area contributed by atoms with E-state index in [2.05, 4.69) is 28.1 Å². The fourth-order valence-corrected chi connectivity index (χ4v) is 3.73. The molecule has 42 heavy (non-hydrogen) atoms. The van der Waals surface area contributed by atoms with E-state index in [0.717, 1.165) is 31.2 Å². The van der Waals surface area contributed by atoms with E-state index >= 15 is 0 Å². The molecule has 0 amide bonds. The van der Waals surface area contributed by atoms with Crippen LogP contribution >= 0.6 is 0 Å². The largest absolute Gasteiger partial charge is 0.476 e. The number of allylic oxidation sites excluding steroid dienone is 4. The molecule has 0 aliphatic carbocycles. The van der Waals surface area contributed by atoms with Crippen LogP contribution in [0.15, 0.2) is 101 Å². The SMILES string of the molecule is C=CN=CC/C=C\C.C=CN=CC/C=C\C.O=C(O)c1ncccc1NS(=O)(=O)c1ccc([N+](=O)[O-])cc1[N+](=O)[O-].[Ir]. The molecule has 2 aromatic rings. The smallest absolute Gasteiger partial charge is 0.356 e. The van der Waals surface area contributed by atoms with E-state index in [0.29, 0.717) is 12.1 Å². The number of rotatable bonds is 12. The first kappa shape index (κ1) is 39.5. The number of nitro groups is 2. The topological polar surface area (TPSA) is 207 Å². The first-order chi connectivity index (χ1) is 19.5. The van der Waals surface area contributed by atoms with E-state index in [1.165, 1.54) is 18.5 Å². The van der Waals surface area contributed by atoms with Gasteiger partial charge in [0.1, 0.15) is 0 Å². The molecule has 0 spiro atoms. The third kappa shape index (κ3) is 15.2. The second-order valence-corrected chi connectivity index (χ2v) is 8.77. The molecule has 0 bridgehead atoms. The zero-order valence-corrected chi connectivity index (χ0v) is 25.9. The normalized spacial score (nSPS) is 10.7. The number of aliphatic imine (C=N–C) groups is 2. The molecule has 14 nitrogen and oxygen atoms in total. The van der Waals surface area contributed by atoms with Gasteiger partial charge in [-0.1, -0.05) is 37.5 Å². The number of sulfonamides is 1. The second-order valence-electron chi connectivity index (χ2n) is 7.11. The van der Waals surface area contributed by atoms with Crippen LogP contribution in [0.2, 0.25) is 0 Å². The van der Waals surface area contributed by atoms with Crippen molar-refractivity contribution in [3.05, 3.63) is 112 Å². The summed E-state index contributed by atoms with van der Waals surface area (Å²) in [5, 5.41) is 30.7. The van der Waals surface area contributed by atoms with Gasteiger partial charge in [-0.05, 0) is 32.0 Å². The fraction of sp³-hybridized carbons (Fsp3) is 0.154. The quantitative estimate of drug-likeness (QED) is 0.117. The number of carboxylic acids is 1. The van der Waals surface area contributed by atoms with E-state index in [1.807, 2.05) is 55.3 Å². The number of hydrogen-bond acceptors (Lipinski definition) is 10. The van der Waals surface area contributed by atoms with Gasteiger partial charge in [-0.3, -0.25) is 34.9 Å². The molecular formula is C26H30IrN6O8S. The molecule has 0 atom stereocenters. The zero-order valence-electron chi connectivity index (χ0n) is 22.7. The Kier molecular flexibility index (Phi) is 20.8. The van der Waals surface area contributed by atoms with E-state index in [-0.39, 0.29) is 20.1 Å². The Morgan fingerprint density at radius 2 is 1.57 bits per heavy atom. The van der Waals surface area contributed by atoms with E-state index < -0.39 is 53.5 Å². The van der Waals surface area contributed by atoms with Crippen LogP contribution in [0.4, 0.5) is 17.1 Å². The van der Waals surface area contributed by atoms with Crippen molar-refractivity contribution in [2.24, 2.45) is 9.98 Å². The van der Waals surface area contributed by atoms with Gasteiger partial charge in [0.2, 0.25) is 0 Å². The molecule has 2 rings (SSSR count). The Morgan fingerprint density at radius 3 is 2.00 bits per heavy atom. The summed E-state index contributed by atoms with van der Waals surface area (Å²) in [6.45, 7) is 10.8. The molecule has 227 valence electrons. The van der Waals surface area contributed by atoms with Gasteiger partial charge in [-0.2, -0.15) is 0 Å². The number of nitro benzene ring substituents is 2. The van der Waals surface area contributed by atoms with Crippen molar-refractivity contribution in [1.82, 2.24) is 4.98 Å². The first-order valence-electron chi connectivity index (χ1n) is 11.6. The van der Waals surface area contributed by atoms with Crippen LogP contribution in [-0.4, -0.2) is 46.8 Å². The number of carbonyl (C=O) groups is 1. The van der Waals surface area contributed by atoms with Crippen molar-refractivity contribution in [3.8, 4) is 0 Å². The predicted molar refractivity (Wildman–Crippen MR) is 158 cm³/mol. The number of benzene rings is 1. The second kappa shape index (κ2) is 22.1.